The van der Waals surface area contributed by atoms with E-state index in [9.17, 15) is 0 Å². The molecule has 0 aliphatic heterocycles. The van der Waals surface area contributed by atoms with Crippen LogP contribution in [0.25, 0.3) is 0 Å². The lowest BCUT2D eigenvalue weighted by atomic mass is 10.3. The summed E-state index contributed by atoms with van der Waals surface area (Å²) in [6, 6.07) is 14.5. The summed E-state index contributed by atoms with van der Waals surface area (Å²) in [6.45, 7) is 2.97. The lowest BCUT2D eigenvalue weighted by molar-refractivity contribution is 1.17. The molecule has 0 aliphatic carbocycles. The highest BCUT2D eigenvalue weighted by Gasteiger charge is 1.94. The van der Waals surface area contributed by atoms with E-state index < -0.39 is 0 Å². The Morgan fingerprint density at radius 1 is 1.18 bits per heavy atom. The smallest absolute Gasteiger partial charge is 0.0393 e. The van der Waals surface area contributed by atoms with Crippen LogP contribution < -0.4 is 5.32 Å². The summed E-state index contributed by atoms with van der Waals surface area (Å²) >= 11 is 1.87. The number of nitrogens with zero attached hydrogens (tertiary/aromatic N) is 1. The second-order valence-electron chi connectivity index (χ2n) is 3.77. The summed E-state index contributed by atoms with van der Waals surface area (Å²) in [5.41, 5.74) is 2.19. The van der Waals surface area contributed by atoms with Gasteiger partial charge in [0.15, 0.2) is 0 Å². The Bertz CT molecular complexity index is 457. The molecular formula is C14H16N2S. The van der Waals surface area contributed by atoms with Crippen LogP contribution in [-0.4, -0.2) is 17.3 Å². The van der Waals surface area contributed by atoms with Crippen LogP contribution in [0.3, 0.4) is 0 Å². The maximum Gasteiger partial charge on any atom is 0.0393 e. The third-order valence-electron chi connectivity index (χ3n) is 2.34. The number of rotatable bonds is 5. The van der Waals surface area contributed by atoms with Crippen molar-refractivity contribution in [2.24, 2.45) is 0 Å². The molecule has 0 saturated carbocycles. The van der Waals surface area contributed by atoms with E-state index in [2.05, 4.69) is 40.6 Å². The molecule has 2 rings (SSSR count). The summed E-state index contributed by atoms with van der Waals surface area (Å²) in [5.74, 6) is 1.06. The van der Waals surface area contributed by atoms with Gasteiger partial charge in [0.05, 0.1) is 0 Å². The molecule has 3 heteroatoms. The van der Waals surface area contributed by atoms with Crippen LogP contribution in [0.4, 0.5) is 5.69 Å². The number of thioether (sulfide) groups is 1. The minimum absolute atomic E-state index is 0.961. The summed E-state index contributed by atoms with van der Waals surface area (Å²) in [7, 11) is 0. The Hall–Kier alpha value is -1.48. The van der Waals surface area contributed by atoms with E-state index in [1.54, 1.807) is 0 Å². The van der Waals surface area contributed by atoms with Crippen molar-refractivity contribution < 1.29 is 0 Å². The van der Waals surface area contributed by atoms with Gasteiger partial charge in [-0.2, -0.15) is 0 Å². The minimum Gasteiger partial charge on any atom is -0.384 e. The Labute approximate surface area is 106 Å². The van der Waals surface area contributed by atoms with Gasteiger partial charge in [-0.3, -0.25) is 4.98 Å². The Balaban J connectivity index is 1.73. The molecule has 1 aromatic carbocycles. The molecule has 2 aromatic rings. The Morgan fingerprint density at radius 3 is 2.76 bits per heavy atom. The highest BCUT2D eigenvalue weighted by molar-refractivity contribution is 7.99. The van der Waals surface area contributed by atoms with E-state index in [1.165, 1.54) is 4.90 Å². The van der Waals surface area contributed by atoms with Crippen molar-refractivity contribution in [1.29, 1.82) is 0 Å². The predicted octanol–water partition coefficient (Wildman–Crippen LogP) is 3.59. The van der Waals surface area contributed by atoms with E-state index in [4.69, 9.17) is 0 Å². The zero-order valence-corrected chi connectivity index (χ0v) is 10.7. The molecule has 1 aromatic heterocycles. The van der Waals surface area contributed by atoms with E-state index in [-0.39, 0.29) is 0 Å². The summed E-state index contributed by atoms with van der Waals surface area (Å²) < 4.78 is 0. The second-order valence-corrected chi connectivity index (χ2v) is 4.94. The number of benzene rings is 1. The molecule has 1 N–H and O–H groups in total. The van der Waals surface area contributed by atoms with Gasteiger partial charge in [0.1, 0.15) is 0 Å². The van der Waals surface area contributed by atoms with E-state index in [0.29, 0.717) is 0 Å². The first-order valence-electron chi connectivity index (χ1n) is 5.69. The Morgan fingerprint density at radius 2 is 2.00 bits per heavy atom. The normalized spacial score (nSPS) is 10.2. The molecule has 2 nitrogen and oxygen atoms in total. The van der Waals surface area contributed by atoms with Crippen LogP contribution in [-0.2, 0) is 0 Å². The van der Waals surface area contributed by atoms with E-state index in [0.717, 1.165) is 23.7 Å². The van der Waals surface area contributed by atoms with Crippen molar-refractivity contribution in [3.63, 3.8) is 0 Å². The van der Waals surface area contributed by atoms with Gasteiger partial charge in [0.2, 0.25) is 0 Å². The molecule has 88 valence electrons. The highest BCUT2D eigenvalue weighted by Crippen LogP contribution is 2.16. The largest absolute Gasteiger partial charge is 0.384 e. The van der Waals surface area contributed by atoms with Crippen molar-refractivity contribution in [2.75, 3.05) is 17.6 Å². The number of aromatic nitrogens is 1. The van der Waals surface area contributed by atoms with Gasteiger partial charge < -0.3 is 5.32 Å². The van der Waals surface area contributed by atoms with Crippen molar-refractivity contribution in [2.45, 2.75) is 11.8 Å². The number of pyridine rings is 1. The third-order valence-corrected chi connectivity index (χ3v) is 3.35. The van der Waals surface area contributed by atoms with Crippen LogP contribution in [0.15, 0.2) is 53.6 Å². The molecule has 17 heavy (non-hydrogen) atoms. The zero-order chi connectivity index (χ0) is 11.9. The molecule has 0 amide bonds. The monoisotopic (exact) mass is 244 g/mol. The maximum atomic E-state index is 4.17. The zero-order valence-electron chi connectivity index (χ0n) is 9.89. The van der Waals surface area contributed by atoms with Crippen molar-refractivity contribution >= 4 is 17.4 Å². The number of hydrogen-bond acceptors (Lipinski definition) is 3. The van der Waals surface area contributed by atoms with E-state index in [1.807, 2.05) is 37.0 Å². The standard InChI is InChI=1S/C14H16N2S/c1-12-11-13(7-8-15-12)16-9-10-17-14-5-3-2-4-6-14/h2-8,11H,9-10H2,1H3,(H,15,16). The first-order valence-corrected chi connectivity index (χ1v) is 6.67. The molecule has 0 radical (unpaired) electrons. The van der Waals surface area contributed by atoms with Crippen LogP contribution in [0.1, 0.15) is 5.69 Å². The molecule has 0 bridgehead atoms. The molecule has 0 saturated heterocycles. The van der Waals surface area contributed by atoms with Gasteiger partial charge in [-0.15, -0.1) is 11.8 Å². The number of aryl methyl sites for hydroxylation is 1. The minimum atomic E-state index is 0.961. The van der Waals surface area contributed by atoms with Gasteiger partial charge in [0, 0.05) is 34.8 Å². The topological polar surface area (TPSA) is 24.9 Å². The lowest BCUT2D eigenvalue weighted by Crippen LogP contribution is -2.04. The number of anilines is 1. The summed E-state index contributed by atoms with van der Waals surface area (Å²) in [4.78, 5) is 5.49. The van der Waals surface area contributed by atoms with Gasteiger partial charge in [-0.1, -0.05) is 18.2 Å². The molecular weight excluding hydrogens is 228 g/mol. The number of nitrogens with one attached hydrogen (secondary N) is 1. The molecule has 0 fully saturated rings. The van der Waals surface area contributed by atoms with Gasteiger partial charge >= 0.3 is 0 Å². The second kappa shape index (κ2) is 6.30. The molecule has 0 spiro atoms. The molecule has 0 aliphatic rings. The van der Waals surface area contributed by atoms with Crippen molar-refractivity contribution in [3.05, 3.63) is 54.4 Å². The fourth-order valence-corrected chi connectivity index (χ4v) is 2.33. The average molecular weight is 244 g/mol. The van der Waals surface area contributed by atoms with Crippen LogP contribution >= 0.6 is 11.8 Å². The molecule has 0 atom stereocenters. The first kappa shape index (κ1) is 12.0. The Kier molecular flexibility index (Phi) is 4.45. The summed E-state index contributed by atoms with van der Waals surface area (Å²) in [6.07, 6.45) is 1.84. The molecule has 0 unspecified atom stereocenters. The van der Waals surface area contributed by atoms with E-state index >= 15 is 0 Å². The maximum absolute atomic E-state index is 4.17. The fourth-order valence-electron chi connectivity index (χ4n) is 1.54. The lowest BCUT2D eigenvalue weighted by Gasteiger charge is -2.06. The summed E-state index contributed by atoms with van der Waals surface area (Å²) in [5, 5.41) is 3.39. The van der Waals surface area contributed by atoms with Crippen LogP contribution in [0.5, 0.6) is 0 Å². The quantitative estimate of drug-likeness (QED) is 0.642. The average Bonchev–Trinajstić information content (AvgIpc) is 2.36. The van der Waals surface area contributed by atoms with Crippen molar-refractivity contribution in [3.8, 4) is 0 Å². The predicted molar refractivity (Wildman–Crippen MR) is 74.6 cm³/mol. The van der Waals surface area contributed by atoms with Gasteiger partial charge in [0.25, 0.3) is 0 Å². The SMILES string of the molecule is Cc1cc(NCCSc2ccccc2)ccn1. The van der Waals surface area contributed by atoms with Gasteiger partial charge in [-0.25, -0.2) is 0 Å². The van der Waals surface area contributed by atoms with Crippen molar-refractivity contribution in [1.82, 2.24) is 4.98 Å². The highest BCUT2D eigenvalue weighted by atomic mass is 32.2. The molecule has 1 heterocycles. The fraction of sp³-hybridized carbons (Fsp3) is 0.214. The third kappa shape index (κ3) is 4.11. The van der Waals surface area contributed by atoms with Gasteiger partial charge in [-0.05, 0) is 31.2 Å². The van der Waals surface area contributed by atoms with Crippen LogP contribution in [0.2, 0.25) is 0 Å². The first-order chi connectivity index (χ1) is 8.34. The van der Waals surface area contributed by atoms with Crippen LogP contribution in [0, 0.1) is 6.92 Å². The number of hydrogen-bond donors (Lipinski definition) is 1.